The van der Waals surface area contributed by atoms with Gasteiger partial charge in [-0.25, -0.2) is 8.42 Å². The molecule has 1 amide bonds. The van der Waals surface area contributed by atoms with Gasteiger partial charge in [-0.05, 0) is 54.7 Å². The molecular formula is C24H32N2O4S. The summed E-state index contributed by atoms with van der Waals surface area (Å²) >= 11 is 0. The molecule has 1 saturated heterocycles. The first kappa shape index (κ1) is 23.3. The van der Waals surface area contributed by atoms with Gasteiger partial charge >= 0.3 is 0 Å². The van der Waals surface area contributed by atoms with Crippen molar-refractivity contribution in [2.24, 2.45) is 0 Å². The predicted molar refractivity (Wildman–Crippen MR) is 123 cm³/mol. The lowest BCUT2D eigenvalue weighted by molar-refractivity contribution is 0.0992. The molecule has 2 aromatic carbocycles. The summed E-state index contributed by atoms with van der Waals surface area (Å²) in [6.45, 7) is 5.19. The van der Waals surface area contributed by atoms with Crippen molar-refractivity contribution in [2.75, 3.05) is 32.1 Å². The number of carbonyl (C=O) groups is 1. The van der Waals surface area contributed by atoms with E-state index in [1.165, 1.54) is 17.5 Å². The van der Waals surface area contributed by atoms with Crippen LogP contribution in [0.25, 0.3) is 0 Å². The van der Waals surface area contributed by atoms with E-state index in [0.29, 0.717) is 24.6 Å². The summed E-state index contributed by atoms with van der Waals surface area (Å²) in [5.74, 6) is 0.330. The second-order valence-electron chi connectivity index (χ2n) is 8.30. The predicted octanol–water partition coefficient (Wildman–Crippen LogP) is 4.66. The highest BCUT2D eigenvalue weighted by atomic mass is 32.2. The molecule has 3 rings (SSSR count). The number of nitrogens with zero attached hydrogens (tertiary/aromatic N) is 2. The molecule has 0 bridgehead atoms. The molecule has 7 heteroatoms. The second kappa shape index (κ2) is 9.83. The summed E-state index contributed by atoms with van der Waals surface area (Å²) < 4.78 is 33.6. The van der Waals surface area contributed by atoms with Gasteiger partial charge in [0, 0.05) is 31.4 Å². The lowest BCUT2D eigenvalue weighted by atomic mass is 10.0. The number of sulfonamides is 1. The molecule has 31 heavy (non-hydrogen) atoms. The fraction of sp³-hybridized carbons (Fsp3) is 0.458. The zero-order valence-electron chi connectivity index (χ0n) is 18.8. The first-order chi connectivity index (χ1) is 14.8. The Balaban J connectivity index is 1.95. The Morgan fingerprint density at radius 2 is 1.71 bits per heavy atom. The van der Waals surface area contributed by atoms with Gasteiger partial charge in [0.05, 0.1) is 7.11 Å². The number of ether oxygens (including phenoxy) is 1. The van der Waals surface area contributed by atoms with Gasteiger partial charge in [-0.3, -0.25) is 4.79 Å². The van der Waals surface area contributed by atoms with E-state index in [1.807, 2.05) is 24.3 Å². The number of anilines is 1. The van der Waals surface area contributed by atoms with Crippen LogP contribution in [-0.4, -0.2) is 45.9 Å². The maximum absolute atomic E-state index is 13.4. The standard InChI is InChI=1S/C24H32N2O4S/c1-18(2)19-10-9-11-21(16-19)25(3)24(27)20-12-13-22(30-4)23(17-20)31(28,29)26-14-7-5-6-8-15-26/h9-13,16-18H,5-8,14-15H2,1-4H3. The van der Waals surface area contributed by atoms with Crippen molar-refractivity contribution in [1.29, 1.82) is 0 Å². The van der Waals surface area contributed by atoms with Crippen LogP contribution in [0.2, 0.25) is 0 Å². The summed E-state index contributed by atoms with van der Waals surface area (Å²) in [6, 6.07) is 12.5. The van der Waals surface area contributed by atoms with E-state index in [2.05, 4.69) is 13.8 Å². The van der Waals surface area contributed by atoms with E-state index in [1.54, 1.807) is 24.1 Å². The van der Waals surface area contributed by atoms with Crippen LogP contribution < -0.4 is 9.64 Å². The van der Waals surface area contributed by atoms with E-state index < -0.39 is 10.0 Å². The van der Waals surface area contributed by atoms with Crippen LogP contribution in [0.4, 0.5) is 5.69 Å². The molecule has 0 atom stereocenters. The van der Waals surface area contributed by atoms with E-state index >= 15 is 0 Å². The molecule has 1 fully saturated rings. The lowest BCUT2D eigenvalue weighted by Gasteiger charge is -2.23. The van der Waals surface area contributed by atoms with Gasteiger partial charge in [-0.2, -0.15) is 4.31 Å². The number of benzene rings is 2. The Labute approximate surface area is 185 Å². The number of amides is 1. The summed E-state index contributed by atoms with van der Waals surface area (Å²) in [6.07, 6.45) is 3.74. The van der Waals surface area contributed by atoms with Gasteiger partial charge in [0.25, 0.3) is 5.91 Å². The first-order valence-electron chi connectivity index (χ1n) is 10.8. The molecule has 168 valence electrons. The maximum atomic E-state index is 13.4. The molecule has 6 nitrogen and oxygen atoms in total. The van der Waals surface area contributed by atoms with Crippen LogP contribution in [-0.2, 0) is 10.0 Å². The van der Waals surface area contributed by atoms with Crippen molar-refractivity contribution in [2.45, 2.75) is 50.3 Å². The third-order valence-corrected chi connectivity index (χ3v) is 7.74. The smallest absolute Gasteiger partial charge is 0.258 e. The van der Waals surface area contributed by atoms with Crippen molar-refractivity contribution in [3.8, 4) is 5.75 Å². The van der Waals surface area contributed by atoms with Crippen molar-refractivity contribution < 1.29 is 17.9 Å². The van der Waals surface area contributed by atoms with Crippen LogP contribution >= 0.6 is 0 Å². The zero-order valence-corrected chi connectivity index (χ0v) is 19.6. The molecule has 2 aromatic rings. The SMILES string of the molecule is COc1ccc(C(=O)N(C)c2cccc(C(C)C)c2)cc1S(=O)(=O)N1CCCCCC1. The van der Waals surface area contributed by atoms with E-state index in [-0.39, 0.29) is 16.6 Å². The molecule has 0 radical (unpaired) electrons. The van der Waals surface area contributed by atoms with Gasteiger partial charge in [-0.15, -0.1) is 0 Å². The normalized spacial score (nSPS) is 15.5. The van der Waals surface area contributed by atoms with Gasteiger partial charge in [-0.1, -0.05) is 38.8 Å². The highest BCUT2D eigenvalue weighted by Crippen LogP contribution is 2.30. The minimum absolute atomic E-state index is 0.0482. The highest BCUT2D eigenvalue weighted by Gasteiger charge is 2.29. The van der Waals surface area contributed by atoms with E-state index in [4.69, 9.17) is 4.74 Å². The molecule has 0 unspecified atom stereocenters. The Bertz CT molecular complexity index is 1030. The monoisotopic (exact) mass is 444 g/mol. The summed E-state index contributed by atoms with van der Waals surface area (Å²) in [5, 5.41) is 0. The van der Waals surface area contributed by atoms with Crippen molar-refractivity contribution in [3.63, 3.8) is 0 Å². The van der Waals surface area contributed by atoms with Gasteiger partial charge in [0.2, 0.25) is 10.0 Å². The number of methoxy groups -OCH3 is 1. The molecule has 0 aromatic heterocycles. The zero-order chi connectivity index (χ0) is 22.6. The van der Waals surface area contributed by atoms with Crippen molar-refractivity contribution in [3.05, 3.63) is 53.6 Å². The minimum Gasteiger partial charge on any atom is -0.495 e. The number of rotatable bonds is 6. The Morgan fingerprint density at radius 1 is 1.03 bits per heavy atom. The largest absolute Gasteiger partial charge is 0.495 e. The van der Waals surface area contributed by atoms with Crippen molar-refractivity contribution >= 4 is 21.6 Å². The molecule has 0 N–H and O–H groups in total. The maximum Gasteiger partial charge on any atom is 0.258 e. The molecular weight excluding hydrogens is 412 g/mol. The van der Waals surface area contributed by atoms with Crippen LogP contribution in [0, 0.1) is 0 Å². The topological polar surface area (TPSA) is 66.9 Å². The Kier molecular flexibility index (Phi) is 7.38. The summed E-state index contributed by atoms with van der Waals surface area (Å²) in [5.41, 5.74) is 2.21. The Hall–Kier alpha value is -2.38. The van der Waals surface area contributed by atoms with Crippen LogP contribution in [0.5, 0.6) is 5.75 Å². The third-order valence-electron chi connectivity index (χ3n) is 5.82. The number of hydrogen-bond donors (Lipinski definition) is 0. The molecule has 1 heterocycles. The average Bonchev–Trinajstić information content (AvgIpc) is 3.08. The summed E-state index contributed by atoms with van der Waals surface area (Å²) in [7, 11) is -0.605. The third kappa shape index (κ3) is 5.10. The quantitative estimate of drug-likeness (QED) is 0.650. The molecule has 0 saturated carbocycles. The van der Waals surface area contributed by atoms with Crippen LogP contribution in [0.3, 0.4) is 0 Å². The van der Waals surface area contributed by atoms with Gasteiger partial charge in [0.1, 0.15) is 10.6 Å². The average molecular weight is 445 g/mol. The van der Waals surface area contributed by atoms with Crippen LogP contribution in [0.1, 0.15) is 61.4 Å². The number of carbonyl (C=O) groups excluding carboxylic acids is 1. The lowest BCUT2D eigenvalue weighted by Crippen LogP contribution is -2.32. The van der Waals surface area contributed by atoms with E-state index in [9.17, 15) is 13.2 Å². The van der Waals surface area contributed by atoms with Gasteiger partial charge in [0.15, 0.2) is 0 Å². The minimum atomic E-state index is -3.75. The molecule has 1 aliphatic rings. The Morgan fingerprint density at radius 3 is 2.32 bits per heavy atom. The first-order valence-corrected chi connectivity index (χ1v) is 12.3. The molecule has 0 spiro atoms. The van der Waals surface area contributed by atoms with Crippen molar-refractivity contribution in [1.82, 2.24) is 4.31 Å². The number of hydrogen-bond acceptors (Lipinski definition) is 4. The molecule has 1 aliphatic heterocycles. The highest BCUT2D eigenvalue weighted by molar-refractivity contribution is 7.89. The van der Waals surface area contributed by atoms with E-state index in [0.717, 1.165) is 36.9 Å². The van der Waals surface area contributed by atoms with Crippen LogP contribution in [0.15, 0.2) is 47.4 Å². The molecule has 0 aliphatic carbocycles. The second-order valence-corrected chi connectivity index (χ2v) is 10.2. The fourth-order valence-electron chi connectivity index (χ4n) is 3.84. The van der Waals surface area contributed by atoms with Gasteiger partial charge < -0.3 is 9.64 Å². The summed E-state index contributed by atoms with van der Waals surface area (Å²) in [4.78, 5) is 14.8. The fourth-order valence-corrected chi connectivity index (χ4v) is 5.53.